The van der Waals surface area contributed by atoms with Crippen LogP contribution in [0.3, 0.4) is 0 Å². The van der Waals surface area contributed by atoms with Crippen LogP contribution in [0.25, 0.3) is 0 Å². The number of hydrogen-bond donors (Lipinski definition) is 1. The molecule has 0 saturated carbocycles. The molecule has 2 aromatic rings. The molecule has 5 nitrogen and oxygen atoms in total. The Bertz CT molecular complexity index is 790. The molecule has 1 N–H and O–H groups in total. The number of anilines is 2. The molecular weight excluding hydrogens is 334 g/mol. The van der Waals surface area contributed by atoms with E-state index in [0.717, 1.165) is 16.9 Å². The average Bonchev–Trinajstić information content (AvgIpc) is 3.15. The molecule has 1 unspecified atom stereocenters. The number of benzene rings is 1. The van der Waals surface area contributed by atoms with Crippen LogP contribution >= 0.6 is 11.3 Å². The fourth-order valence-electron chi connectivity index (χ4n) is 2.74. The number of nitrogens with one attached hydrogen (secondary N) is 1. The minimum absolute atomic E-state index is 0.0153. The van der Waals surface area contributed by atoms with E-state index in [-0.39, 0.29) is 29.6 Å². The van der Waals surface area contributed by atoms with Gasteiger partial charge in [0.1, 0.15) is 0 Å². The van der Waals surface area contributed by atoms with Crippen molar-refractivity contribution in [1.29, 1.82) is 0 Å². The third-order valence-corrected chi connectivity index (χ3v) is 5.10. The van der Waals surface area contributed by atoms with Gasteiger partial charge in [-0.05, 0) is 19.1 Å². The van der Waals surface area contributed by atoms with Crippen molar-refractivity contribution in [2.45, 2.75) is 39.5 Å². The summed E-state index contributed by atoms with van der Waals surface area (Å²) in [6, 6.07) is 7.78. The maximum atomic E-state index is 12.5. The minimum atomic E-state index is -0.351. The van der Waals surface area contributed by atoms with E-state index < -0.39 is 0 Å². The first-order valence-corrected chi connectivity index (χ1v) is 9.26. The smallest absolute Gasteiger partial charge is 0.231 e. The summed E-state index contributed by atoms with van der Waals surface area (Å²) in [7, 11) is 0. The van der Waals surface area contributed by atoms with Gasteiger partial charge in [0, 0.05) is 29.4 Å². The molecule has 1 saturated heterocycles. The zero-order valence-corrected chi connectivity index (χ0v) is 15.8. The lowest BCUT2D eigenvalue weighted by atomic mass is 9.93. The molecule has 1 aromatic carbocycles. The summed E-state index contributed by atoms with van der Waals surface area (Å²) >= 11 is 1.42. The van der Waals surface area contributed by atoms with Crippen LogP contribution in [-0.4, -0.2) is 23.3 Å². The predicted octanol–water partition coefficient (Wildman–Crippen LogP) is 3.74. The first kappa shape index (κ1) is 17.6. The van der Waals surface area contributed by atoms with Crippen molar-refractivity contribution in [3.05, 3.63) is 40.9 Å². The van der Waals surface area contributed by atoms with Gasteiger partial charge in [-0.1, -0.05) is 38.5 Å². The Balaban J connectivity index is 1.66. The van der Waals surface area contributed by atoms with Gasteiger partial charge in [0.05, 0.1) is 11.6 Å². The van der Waals surface area contributed by atoms with Crippen molar-refractivity contribution < 1.29 is 9.59 Å². The van der Waals surface area contributed by atoms with Gasteiger partial charge in [0.25, 0.3) is 0 Å². The summed E-state index contributed by atoms with van der Waals surface area (Å²) in [5, 5.41) is 5.43. The highest BCUT2D eigenvalue weighted by Gasteiger charge is 2.35. The van der Waals surface area contributed by atoms with E-state index in [2.05, 4.69) is 31.1 Å². The largest absolute Gasteiger partial charge is 0.312 e. The molecule has 2 amide bonds. The lowest BCUT2D eigenvalue weighted by molar-refractivity contribution is -0.122. The fourth-order valence-corrected chi connectivity index (χ4v) is 3.68. The SMILES string of the molecule is Cc1ccc(N2CC(C(=O)Nc3nc(C(C)(C)C)cs3)CC2=O)cc1. The first-order valence-electron chi connectivity index (χ1n) is 8.38. The number of thiazole rings is 1. The Labute approximate surface area is 152 Å². The highest BCUT2D eigenvalue weighted by Crippen LogP contribution is 2.29. The predicted molar refractivity (Wildman–Crippen MR) is 101 cm³/mol. The van der Waals surface area contributed by atoms with E-state index in [1.165, 1.54) is 11.3 Å². The Morgan fingerprint density at radius 1 is 1.28 bits per heavy atom. The highest BCUT2D eigenvalue weighted by atomic mass is 32.1. The van der Waals surface area contributed by atoms with Crippen LogP contribution in [0.2, 0.25) is 0 Å². The van der Waals surface area contributed by atoms with Crippen LogP contribution in [0.15, 0.2) is 29.6 Å². The maximum absolute atomic E-state index is 12.5. The average molecular weight is 357 g/mol. The third-order valence-electron chi connectivity index (χ3n) is 4.34. The van der Waals surface area contributed by atoms with Crippen molar-refractivity contribution in [2.24, 2.45) is 5.92 Å². The van der Waals surface area contributed by atoms with E-state index >= 15 is 0 Å². The standard InChI is InChI=1S/C19H23N3O2S/c1-12-5-7-14(8-6-12)22-10-13(9-16(22)23)17(24)21-18-20-15(11-25-18)19(2,3)4/h5-8,11,13H,9-10H2,1-4H3,(H,20,21,24). The summed E-state index contributed by atoms with van der Waals surface area (Å²) in [6.07, 6.45) is 0.233. The molecule has 0 radical (unpaired) electrons. The second kappa shape index (κ2) is 6.59. The molecule has 1 aliphatic heterocycles. The Morgan fingerprint density at radius 3 is 2.56 bits per heavy atom. The zero-order chi connectivity index (χ0) is 18.2. The van der Waals surface area contributed by atoms with Crippen molar-refractivity contribution in [1.82, 2.24) is 4.98 Å². The summed E-state index contributed by atoms with van der Waals surface area (Å²) in [5.74, 6) is -0.507. The molecule has 0 spiro atoms. The molecule has 132 valence electrons. The van der Waals surface area contributed by atoms with Gasteiger partial charge in [-0.2, -0.15) is 0 Å². The number of nitrogens with zero attached hydrogens (tertiary/aromatic N) is 2. The quantitative estimate of drug-likeness (QED) is 0.910. The minimum Gasteiger partial charge on any atom is -0.312 e. The Hall–Kier alpha value is -2.21. The van der Waals surface area contributed by atoms with Gasteiger partial charge >= 0.3 is 0 Å². The van der Waals surface area contributed by atoms with Gasteiger partial charge in [-0.3, -0.25) is 9.59 Å². The molecule has 25 heavy (non-hydrogen) atoms. The first-order chi connectivity index (χ1) is 11.7. The molecule has 1 fully saturated rings. The molecule has 0 bridgehead atoms. The normalized spacial score (nSPS) is 17.8. The van der Waals surface area contributed by atoms with E-state index in [1.54, 1.807) is 4.90 Å². The zero-order valence-electron chi connectivity index (χ0n) is 15.0. The second-order valence-electron chi connectivity index (χ2n) is 7.52. The number of rotatable bonds is 3. The number of carbonyl (C=O) groups is 2. The van der Waals surface area contributed by atoms with Gasteiger partial charge in [-0.15, -0.1) is 11.3 Å². The van der Waals surface area contributed by atoms with Crippen LogP contribution in [0.5, 0.6) is 0 Å². The fraction of sp³-hybridized carbons (Fsp3) is 0.421. The van der Waals surface area contributed by atoms with E-state index in [4.69, 9.17) is 0 Å². The molecule has 2 heterocycles. The van der Waals surface area contributed by atoms with Crippen LogP contribution in [-0.2, 0) is 15.0 Å². The van der Waals surface area contributed by atoms with E-state index in [1.807, 2.05) is 36.6 Å². The van der Waals surface area contributed by atoms with E-state index in [9.17, 15) is 9.59 Å². The number of aromatic nitrogens is 1. The van der Waals surface area contributed by atoms with Crippen molar-refractivity contribution in [3.63, 3.8) is 0 Å². The van der Waals surface area contributed by atoms with Crippen molar-refractivity contribution >= 4 is 34.0 Å². The number of hydrogen-bond acceptors (Lipinski definition) is 4. The van der Waals surface area contributed by atoms with E-state index in [0.29, 0.717) is 11.7 Å². The summed E-state index contributed by atoms with van der Waals surface area (Å²) in [4.78, 5) is 31.0. The monoisotopic (exact) mass is 357 g/mol. The van der Waals surface area contributed by atoms with Crippen LogP contribution in [0.4, 0.5) is 10.8 Å². The molecule has 3 rings (SSSR count). The van der Waals surface area contributed by atoms with Gasteiger partial charge in [0.2, 0.25) is 11.8 Å². The van der Waals surface area contributed by atoms with Gasteiger partial charge in [-0.25, -0.2) is 4.98 Å². The molecular formula is C19H23N3O2S. The molecule has 6 heteroatoms. The van der Waals surface area contributed by atoms with Gasteiger partial charge < -0.3 is 10.2 Å². The van der Waals surface area contributed by atoms with Crippen LogP contribution in [0.1, 0.15) is 38.4 Å². The molecule has 0 aliphatic carbocycles. The number of amides is 2. The van der Waals surface area contributed by atoms with Crippen molar-refractivity contribution in [2.75, 3.05) is 16.8 Å². The summed E-state index contributed by atoms with van der Waals surface area (Å²) in [5.41, 5.74) is 2.89. The Kier molecular flexibility index (Phi) is 4.64. The number of aryl methyl sites for hydroxylation is 1. The van der Waals surface area contributed by atoms with Crippen LogP contribution < -0.4 is 10.2 Å². The second-order valence-corrected chi connectivity index (χ2v) is 8.38. The lowest BCUT2D eigenvalue weighted by Gasteiger charge is -2.16. The van der Waals surface area contributed by atoms with Crippen LogP contribution in [0, 0.1) is 12.8 Å². The molecule has 1 aliphatic rings. The maximum Gasteiger partial charge on any atom is 0.231 e. The lowest BCUT2D eigenvalue weighted by Crippen LogP contribution is -2.28. The number of carbonyl (C=O) groups excluding carboxylic acids is 2. The van der Waals surface area contributed by atoms with Gasteiger partial charge in [0.15, 0.2) is 5.13 Å². The summed E-state index contributed by atoms with van der Waals surface area (Å²) < 4.78 is 0. The highest BCUT2D eigenvalue weighted by molar-refractivity contribution is 7.13. The van der Waals surface area contributed by atoms with Crippen molar-refractivity contribution in [3.8, 4) is 0 Å². The topological polar surface area (TPSA) is 62.3 Å². The Morgan fingerprint density at radius 2 is 1.96 bits per heavy atom. The third kappa shape index (κ3) is 3.90. The summed E-state index contributed by atoms with van der Waals surface area (Å²) in [6.45, 7) is 8.67. The molecule has 1 aromatic heterocycles. The molecule has 1 atom stereocenters.